The van der Waals surface area contributed by atoms with Crippen molar-refractivity contribution < 1.29 is 14.3 Å². The van der Waals surface area contributed by atoms with Crippen LogP contribution in [0.5, 0.6) is 0 Å². The summed E-state index contributed by atoms with van der Waals surface area (Å²) in [5.41, 5.74) is 2.09. The molecule has 1 N–H and O–H groups in total. The molecule has 4 nitrogen and oxygen atoms in total. The van der Waals surface area contributed by atoms with Crippen molar-refractivity contribution in [2.75, 3.05) is 6.54 Å². The summed E-state index contributed by atoms with van der Waals surface area (Å²) in [6.45, 7) is 0.370. The van der Waals surface area contributed by atoms with Crippen LogP contribution >= 0.6 is 0 Å². The molecule has 0 saturated heterocycles. The van der Waals surface area contributed by atoms with E-state index in [1.165, 1.54) is 0 Å². The number of hydrogen-bond donors (Lipinski definition) is 1. The van der Waals surface area contributed by atoms with E-state index in [9.17, 15) is 9.59 Å². The molecule has 0 aliphatic rings. The zero-order chi connectivity index (χ0) is 15.6. The van der Waals surface area contributed by atoms with Crippen molar-refractivity contribution >= 4 is 12.4 Å². The molecule has 4 heteroatoms. The van der Waals surface area contributed by atoms with Gasteiger partial charge >= 0.3 is 6.09 Å². The van der Waals surface area contributed by atoms with E-state index in [4.69, 9.17) is 4.74 Å². The highest BCUT2D eigenvalue weighted by Gasteiger charge is 2.00. The molecule has 2 aromatic rings. The van der Waals surface area contributed by atoms with Crippen LogP contribution in [0.15, 0.2) is 54.6 Å². The second kappa shape index (κ2) is 8.28. The van der Waals surface area contributed by atoms with Gasteiger partial charge in [0.2, 0.25) is 0 Å². The summed E-state index contributed by atoms with van der Waals surface area (Å²) in [5, 5.41) is 2.54. The Labute approximate surface area is 129 Å². The van der Waals surface area contributed by atoms with Gasteiger partial charge in [-0.1, -0.05) is 60.4 Å². The van der Waals surface area contributed by atoms with Gasteiger partial charge < -0.3 is 10.1 Å². The van der Waals surface area contributed by atoms with Crippen LogP contribution in [0.25, 0.3) is 0 Å². The molecule has 0 bridgehead atoms. The zero-order valence-corrected chi connectivity index (χ0v) is 11.9. The van der Waals surface area contributed by atoms with Crippen LogP contribution in [0.2, 0.25) is 0 Å². The van der Waals surface area contributed by atoms with Gasteiger partial charge in [-0.3, -0.25) is 4.79 Å². The summed E-state index contributed by atoms with van der Waals surface area (Å²) in [4.78, 5) is 22.3. The SMILES string of the molecule is O=Cc1ccccc1C#CCNC(=O)OCc1ccccc1. The first kappa shape index (κ1) is 15.3. The van der Waals surface area contributed by atoms with Gasteiger partial charge in [0.25, 0.3) is 0 Å². The predicted octanol–water partition coefficient (Wildman–Crippen LogP) is 2.78. The second-order valence-electron chi connectivity index (χ2n) is 4.42. The first-order valence-corrected chi connectivity index (χ1v) is 6.77. The minimum absolute atomic E-state index is 0.154. The largest absolute Gasteiger partial charge is 0.445 e. The lowest BCUT2D eigenvalue weighted by molar-refractivity contribution is 0.112. The molecule has 1 amide bonds. The molecule has 0 aromatic heterocycles. The smallest absolute Gasteiger partial charge is 0.408 e. The van der Waals surface area contributed by atoms with Crippen molar-refractivity contribution in [2.24, 2.45) is 0 Å². The summed E-state index contributed by atoms with van der Waals surface area (Å²) < 4.78 is 5.05. The molecule has 2 rings (SSSR count). The van der Waals surface area contributed by atoms with Gasteiger partial charge in [0.15, 0.2) is 6.29 Å². The number of nitrogens with one attached hydrogen (secondary N) is 1. The number of ether oxygens (including phenoxy) is 1. The lowest BCUT2D eigenvalue weighted by Gasteiger charge is -2.04. The monoisotopic (exact) mass is 293 g/mol. The lowest BCUT2D eigenvalue weighted by Crippen LogP contribution is -2.24. The number of aldehydes is 1. The lowest BCUT2D eigenvalue weighted by atomic mass is 10.1. The first-order valence-electron chi connectivity index (χ1n) is 6.77. The van der Waals surface area contributed by atoms with Crippen molar-refractivity contribution in [3.8, 4) is 11.8 Å². The van der Waals surface area contributed by atoms with Crippen molar-refractivity contribution in [1.82, 2.24) is 5.32 Å². The first-order chi connectivity index (χ1) is 10.8. The van der Waals surface area contributed by atoms with Crippen LogP contribution in [-0.2, 0) is 11.3 Å². The second-order valence-corrected chi connectivity index (χ2v) is 4.42. The molecular formula is C18H15NO3. The molecule has 0 unspecified atom stereocenters. The van der Waals surface area contributed by atoms with Gasteiger partial charge in [0.1, 0.15) is 6.61 Å². The fourth-order valence-electron chi connectivity index (χ4n) is 1.74. The molecular weight excluding hydrogens is 278 g/mol. The van der Waals surface area contributed by atoms with Gasteiger partial charge in [0, 0.05) is 11.1 Å². The van der Waals surface area contributed by atoms with Crippen molar-refractivity contribution in [1.29, 1.82) is 0 Å². The Bertz CT molecular complexity index is 699. The third-order valence-corrected chi connectivity index (χ3v) is 2.84. The number of benzene rings is 2. The number of alkyl carbamates (subject to hydrolysis) is 1. The minimum atomic E-state index is -0.526. The van der Waals surface area contributed by atoms with Gasteiger partial charge in [0.05, 0.1) is 6.54 Å². The van der Waals surface area contributed by atoms with E-state index in [1.54, 1.807) is 24.3 Å². The summed E-state index contributed by atoms with van der Waals surface area (Å²) in [5.74, 6) is 5.63. The third-order valence-electron chi connectivity index (χ3n) is 2.84. The van der Waals surface area contributed by atoms with Crippen LogP contribution in [-0.4, -0.2) is 18.9 Å². The topological polar surface area (TPSA) is 55.4 Å². The average Bonchev–Trinajstić information content (AvgIpc) is 2.58. The quantitative estimate of drug-likeness (QED) is 0.696. The van der Waals surface area contributed by atoms with Gasteiger partial charge in [-0.25, -0.2) is 4.79 Å². The molecule has 22 heavy (non-hydrogen) atoms. The van der Waals surface area contributed by atoms with E-state index in [-0.39, 0.29) is 13.2 Å². The summed E-state index contributed by atoms with van der Waals surface area (Å²) in [6.07, 6.45) is 0.229. The highest BCUT2D eigenvalue weighted by molar-refractivity contribution is 5.79. The zero-order valence-electron chi connectivity index (χ0n) is 11.9. The number of rotatable bonds is 4. The van der Waals surface area contributed by atoms with Crippen molar-refractivity contribution in [3.63, 3.8) is 0 Å². The molecule has 0 heterocycles. The number of amides is 1. The van der Waals surface area contributed by atoms with Crippen LogP contribution in [0, 0.1) is 11.8 Å². The van der Waals surface area contributed by atoms with Crippen LogP contribution in [0.1, 0.15) is 21.5 Å². The van der Waals surface area contributed by atoms with Crippen LogP contribution in [0.3, 0.4) is 0 Å². The molecule has 0 radical (unpaired) electrons. The number of carbonyl (C=O) groups excluding carboxylic acids is 2. The van der Waals surface area contributed by atoms with Crippen molar-refractivity contribution in [2.45, 2.75) is 6.61 Å². The average molecular weight is 293 g/mol. The number of hydrogen-bond acceptors (Lipinski definition) is 3. The molecule has 110 valence electrons. The molecule has 0 aliphatic heterocycles. The standard InChI is InChI=1S/C18H15NO3/c20-13-17-10-5-4-9-16(17)11-6-12-19-18(21)22-14-15-7-2-1-3-8-15/h1-5,7-10,13H,12,14H2,(H,19,21). The van der Waals surface area contributed by atoms with Crippen LogP contribution in [0.4, 0.5) is 4.79 Å². The molecule has 2 aromatic carbocycles. The maximum absolute atomic E-state index is 11.5. The maximum Gasteiger partial charge on any atom is 0.408 e. The Morgan fingerprint density at radius 2 is 1.82 bits per heavy atom. The Hall–Kier alpha value is -3.06. The third kappa shape index (κ3) is 4.80. The predicted molar refractivity (Wildman–Crippen MR) is 83.3 cm³/mol. The summed E-state index contributed by atoms with van der Waals surface area (Å²) >= 11 is 0. The fourth-order valence-corrected chi connectivity index (χ4v) is 1.74. The highest BCUT2D eigenvalue weighted by atomic mass is 16.5. The Balaban J connectivity index is 1.78. The molecule has 0 fully saturated rings. The normalized spacial score (nSPS) is 9.27. The molecule has 0 saturated carbocycles. The summed E-state index contributed by atoms with van der Waals surface area (Å²) in [6, 6.07) is 16.4. The van der Waals surface area contributed by atoms with E-state index in [1.807, 2.05) is 30.3 Å². The number of carbonyl (C=O) groups is 2. The van der Waals surface area contributed by atoms with Gasteiger partial charge in [-0.15, -0.1) is 0 Å². The van der Waals surface area contributed by atoms with E-state index >= 15 is 0 Å². The molecule has 0 spiro atoms. The van der Waals surface area contributed by atoms with Crippen LogP contribution < -0.4 is 5.32 Å². The van der Waals surface area contributed by atoms with E-state index < -0.39 is 6.09 Å². The molecule has 0 atom stereocenters. The maximum atomic E-state index is 11.5. The Kier molecular flexibility index (Phi) is 5.77. The van der Waals surface area contributed by atoms with E-state index in [0.29, 0.717) is 11.1 Å². The van der Waals surface area contributed by atoms with E-state index in [2.05, 4.69) is 17.2 Å². The highest BCUT2D eigenvalue weighted by Crippen LogP contribution is 2.03. The van der Waals surface area contributed by atoms with Crippen molar-refractivity contribution in [3.05, 3.63) is 71.3 Å². The Morgan fingerprint density at radius 3 is 2.59 bits per heavy atom. The Morgan fingerprint density at radius 1 is 1.09 bits per heavy atom. The minimum Gasteiger partial charge on any atom is -0.445 e. The van der Waals surface area contributed by atoms with Gasteiger partial charge in [-0.05, 0) is 11.6 Å². The fraction of sp³-hybridized carbons (Fsp3) is 0.111. The molecule has 0 aliphatic carbocycles. The van der Waals surface area contributed by atoms with E-state index in [0.717, 1.165) is 11.8 Å². The van der Waals surface area contributed by atoms with Gasteiger partial charge in [-0.2, -0.15) is 0 Å². The summed E-state index contributed by atoms with van der Waals surface area (Å²) in [7, 11) is 0.